The molecular formula is C63H49N. The topological polar surface area (TPSA) is 3.24 Å². The lowest BCUT2D eigenvalue weighted by molar-refractivity contribution is 0.444. The Morgan fingerprint density at radius 3 is 1.67 bits per heavy atom. The van der Waals surface area contributed by atoms with E-state index in [4.69, 9.17) is 0 Å². The largest absolute Gasteiger partial charge is 0.310 e. The molecule has 0 radical (unpaired) electrons. The Hall–Kier alpha value is -7.48. The summed E-state index contributed by atoms with van der Waals surface area (Å²) >= 11 is 0. The highest BCUT2D eigenvalue weighted by atomic mass is 15.1. The Morgan fingerprint density at radius 2 is 0.938 bits per heavy atom. The molecule has 1 heteroatoms. The van der Waals surface area contributed by atoms with Crippen molar-refractivity contribution in [2.24, 2.45) is 0 Å². The molecule has 2 aliphatic carbocycles. The molecule has 1 fully saturated rings. The molecule has 12 rings (SSSR count). The molecule has 1 nitrogen and oxygen atoms in total. The standard InChI is InChI=1S/C63H49N/c1-5-19-45(20-6-1)56-30-17-31-59-62(56)58-41-39-54(43-60(58)63(59,50-25-9-3-10-26-50)51-27-11-4-12-28-51)64(53-38-32-44-18-13-14-24-49(44)42-53)52-36-33-47(34-37-52)57-40-35-46-21-15-16-29-55(46)61(57)48-22-7-2-8-23-48/h2-4,7-18,21-43,45H,1,5-6,19-20H2. The van der Waals surface area contributed by atoms with Gasteiger partial charge in [-0.1, -0.05) is 213 Å². The van der Waals surface area contributed by atoms with Crippen molar-refractivity contribution in [3.63, 3.8) is 0 Å². The minimum absolute atomic E-state index is 0.503. The van der Waals surface area contributed by atoms with Gasteiger partial charge in [-0.3, -0.25) is 0 Å². The molecule has 0 bridgehead atoms. The van der Waals surface area contributed by atoms with Crippen LogP contribution in [0.4, 0.5) is 17.1 Å². The maximum Gasteiger partial charge on any atom is 0.0714 e. The molecule has 10 aromatic rings. The van der Waals surface area contributed by atoms with Gasteiger partial charge < -0.3 is 4.90 Å². The molecule has 0 N–H and O–H groups in total. The quantitative estimate of drug-likeness (QED) is 0.148. The molecule has 10 aromatic carbocycles. The van der Waals surface area contributed by atoms with Crippen molar-refractivity contribution in [2.75, 3.05) is 4.90 Å². The number of hydrogen-bond donors (Lipinski definition) is 0. The zero-order chi connectivity index (χ0) is 42.5. The fourth-order valence-electron chi connectivity index (χ4n) is 11.4. The van der Waals surface area contributed by atoms with Crippen LogP contribution in [-0.4, -0.2) is 0 Å². The van der Waals surface area contributed by atoms with Crippen molar-refractivity contribution >= 4 is 38.6 Å². The third-order valence-electron chi connectivity index (χ3n) is 14.3. The highest BCUT2D eigenvalue weighted by Crippen LogP contribution is 2.59. The first-order valence-corrected chi connectivity index (χ1v) is 23.1. The van der Waals surface area contributed by atoms with E-state index in [0.717, 1.165) is 17.1 Å². The molecule has 1 saturated carbocycles. The Bertz CT molecular complexity index is 3250. The van der Waals surface area contributed by atoms with Gasteiger partial charge in [0.1, 0.15) is 0 Å². The van der Waals surface area contributed by atoms with Crippen LogP contribution in [0.2, 0.25) is 0 Å². The van der Waals surface area contributed by atoms with E-state index < -0.39 is 5.41 Å². The van der Waals surface area contributed by atoms with Gasteiger partial charge in [0, 0.05) is 17.1 Å². The number of anilines is 3. The Labute approximate surface area is 376 Å². The summed E-state index contributed by atoms with van der Waals surface area (Å²) in [4.78, 5) is 2.47. The van der Waals surface area contributed by atoms with Gasteiger partial charge in [-0.05, 0) is 138 Å². The van der Waals surface area contributed by atoms with Crippen LogP contribution in [0.25, 0.3) is 54.9 Å². The summed E-state index contributed by atoms with van der Waals surface area (Å²) < 4.78 is 0. The second-order valence-electron chi connectivity index (χ2n) is 17.8. The van der Waals surface area contributed by atoms with Gasteiger partial charge in [-0.2, -0.15) is 0 Å². The first kappa shape index (κ1) is 38.2. The summed E-state index contributed by atoms with van der Waals surface area (Å²) in [5, 5.41) is 4.96. The molecule has 2 aliphatic rings. The Morgan fingerprint density at radius 1 is 0.359 bits per heavy atom. The molecule has 0 aromatic heterocycles. The normalized spacial score (nSPS) is 14.3. The van der Waals surface area contributed by atoms with Gasteiger partial charge in [0.05, 0.1) is 5.41 Å². The second kappa shape index (κ2) is 16.0. The number of nitrogens with zero attached hydrogens (tertiary/aromatic N) is 1. The van der Waals surface area contributed by atoms with Crippen LogP contribution in [0, 0.1) is 0 Å². The number of fused-ring (bicyclic) bond motifs is 5. The van der Waals surface area contributed by atoms with E-state index >= 15 is 0 Å². The number of hydrogen-bond acceptors (Lipinski definition) is 1. The van der Waals surface area contributed by atoms with Crippen LogP contribution in [-0.2, 0) is 5.41 Å². The van der Waals surface area contributed by atoms with Gasteiger partial charge in [-0.25, -0.2) is 0 Å². The van der Waals surface area contributed by atoms with E-state index in [9.17, 15) is 0 Å². The van der Waals surface area contributed by atoms with Crippen molar-refractivity contribution in [3.8, 4) is 33.4 Å². The average Bonchev–Trinajstić information content (AvgIpc) is 3.68. The fourth-order valence-corrected chi connectivity index (χ4v) is 11.4. The summed E-state index contributed by atoms with van der Waals surface area (Å²) in [6, 6.07) is 86.2. The van der Waals surface area contributed by atoms with E-state index in [2.05, 4.69) is 235 Å². The van der Waals surface area contributed by atoms with Gasteiger partial charge in [0.25, 0.3) is 0 Å². The average molecular weight is 820 g/mol. The van der Waals surface area contributed by atoms with Crippen LogP contribution >= 0.6 is 0 Å². The molecule has 64 heavy (non-hydrogen) atoms. The maximum atomic E-state index is 2.53. The van der Waals surface area contributed by atoms with Gasteiger partial charge in [-0.15, -0.1) is 0 Å². The first-order valence-electron chi connectivity index (χ1n) is 23.1. The summed E-state index contributed by atoms with van der Waals surface area (Å²) in [5.41, 5.74) is 17.4. The highest BCUT2D eigenvalue weighted by Gasteiger charge is 2.47. The fraction of sp³-hybridized carbons (Fsp3) is 0.111. The van der Waals surface area contributed by atoms with E-state index in [1.165, 1.54) is 115 Å². The zero-order valence-electron chi connectivity index (χ0n) is 36.0. The predicted molar refractivity (Wildman–Crippen MR) is 270 cm³/mol. The third-order valence-corrected chi connectivity index (χ3v) is 14.3. The number of rotatable bonds is 8. The van der Waals surface area contributed by atoms with Crippen molar-refractivity contribution in [3.05, 3.63) is 258 Å². The van der Waals surface area contributed by atoms with Crippen LogP contribution in [0.5, 0.6) is 0 Å². The van der Waals surface area contributed by atoms with Gasteiger partial charge in [0.2, 0.25) is 0 Å². The molecule has 0 aliphatic heterocycles. The second-order valence-corrected chi connectivity index (χ2v) is 17.8. The molecule has 306 valence electrons. The Balaban J connectivity index is 1.08. The van der Waals surface area contributed by atoms with E-state index in [1.807, 2.05) is 0 Å². The lowest BCUT2D eigenvalue weighted by Gasteiger charge is -2.35. The molecular weight excluding hydrogens is 771 g/mol. The maximum absolute atomic E-state index is 2.53. The van der Waals surface area contributed by atoms with Crippen molar-refractivity contribution < 1.29 is 0 Å². The Kier molecular flexibility index (Phi) is 9.56. The smallest absolute Gasteiger partial charge is 0.0714 e. The predicted octanol–water partition coefficient (Wildman–Crippen LogP) is 17.2. The summed E-state index contributed by atoms with van der Waals surface area (Å²) in [5.74, 6) is 0.566. The third kappa shape index (κ3) is 6.29. The van der Waals surface area contributed by atoms with Crippen molar-refractivity contribution in [1.29, 1.82) is 0 Å². The van der Waals surface area contributed by atoms with E-state index in [-0.39, 0.29) is 0 Å². The molecule has 0 atom stereocenters. The molecule has 0 saturated heterocycles. The lowest BCUT2D eigenvalue weighted by Crippen LogP contribution is -2.29. The van der Waals surface area contributed by atoms with Crippen molar-refractivity contribution in [2.45, 2.75) is 43.4 Å². The van der Waals surface area contributed by atoms with Crippen LogP contribution in [0.15, 0.2) is 231 Å². The number of benzene rings is 10. The van der Waals surface area contributed by atoms with Crippen LogP contribution in [0.1, 0.15) is 65.8 Å². The van der Waals surface area contributed by atoms with Gasteiger partial charge in [0.15, 0.2) is 0 Å². The summed E-state index contributed by atoms with van der Waals surface area (Å²) in [6.45, 7) is 0. The molecule has 0 spiro atoms. The summed E-state index contributed by atoms with van der Waals surface area (Å²) in [7, 11) is 0. The van der Waals surface area contributed by atoms with Gasteiger partial charge >= 0.3 is 0 Å². The highest BCUT2D eigenvalue weighted by molar-refractivity contribution is 6.04. The molecule has 0 amide bonds. The lowest BCUT2D eigenvalue weighted by atomic mass is 9.67. The first-order chi connectivity index (χ1) is 31.8. The minimum atomic E-state index is -0.503. The monoisotopic (exact) mass is 819 g/mol. The van der Waals surface area contributed by atoms with Crippen LogP contribution in [0.3, 0.4) is 0 Å². The minimum Gasteiger partial charge on any atom is -0.310 e. The molecule has 0 heterocycles. The van der Waals surface area contributed by atoms with Crippen LogP contribution < -0.4 is 4.90 Å². The van der Waals surface area contributed by atoms with E-state index in [1.54, 1.807) is 0 Å². The zero-order valence-corrected chi connectivity index (χ0v) is 36.0. The SMILES string of the molecule is c1ccc(-c2c(-c3ccc(N(c4ccc5c(c4)C(c4ccccc4)(c4ccccc4)c4cccc(C6CCCCC6)c4-5)c4ccc5ccccc5c4)cc3)ccc3ccccc23)cc1. The summed E-state index contributed by atoms with van der Waals surface area (Å²) in [6.07, 6.45) is 6.45. The van der Waals surface area contributed by atoms with E-state index in [0.29, 0.717) is 5.92 Å². The van der Waals surface area contributed by atoms with Crippen molar-refractivity contribution in [1.82, 2.24) is 0 Å². The molecule has 0 unspecified atom stereocenters.